The number of urea groups is 1. The summed E-state index contributed by atoms with van der Waals surface area (Å²) in [6, 6.07) is 8.99. The number of nitrogens with one attached hydrogen (secondary N) is 1. The molecule has 4 rings (SSSR count). The third-order valence-corrected chi connectivity index (χ3v) is 6.81. The molecule has 1 atom stereocenters. The number of pyridine rings is 1. The van der Waals surface area contributed by atoms with Crippen molar-refractivity contribution in [3.05, 3.63) is 57.9 Å². The molecule has 0 saturated carbocycles. The molecule has 1 aromatic heterocycles. The zero-order chi connectivity index (χ0) is 24.2. The first-order chi connectivity index (χ1) is 16.4. The van der Waals surface area contributed by atoms with Crippen LogP contribution < -0.4 is 5.32 Å². The van der Waals surface area contributed by atoms with E-state index in [2.05, 4.69) is 22.1 Å². The van der Waals surface area contributed by atoms with E-state index in [4.69, 9.17) is 16.9 Å². The van der Waals surface area contributed by atoms with E-state index in [1.165, 1.54) is 12.3 Å². The quantitative estimate of drug-likeness (QED) is 0.716. The topological polar surface area (TPSA) is 92.6 Å². The molecule has 178 valence electrons. The number of hydrogen-bond donors (Lipinski definition) is 1. The summed E-state index contributed by atoms with van der Waals surface area (Å²) in [6.45, 7) is 8.74. The molecule has 2 fully saturated rings. The lowest BCUT2D eigenvalue weighted by Gasteiger charge is -2.41. The second-order valence-corrected chi connectivity index (χ2v) is 9.43. The third kappa shape index (κ3) is 5.32. The molecule has 1 N–H and O–H groups in total. The molecular formula is C25H29ClN6O2. The summed E-state index contributed by atoms with van der Waals surface area (Å²) < 4.78 is 0. The van der Waals surface area contributed by atoms with Crippen molar-refractivity contribution in [1.29, 1.82) is 5.26 Å². The summed E-state index contributed by atoms with van der Waals surface area (Å²) in [5.74, 6) is -0.309. The molecule has 3 amide bonds. The lowest BCUT2D eigenvalue weighted by Crippen LogP contribution is -2.56. The summed E-state index contributed by atoms with van der Waals surface area (Å²) in [5, 5.41) is 12.4. The maximum Gasteiger partial charge on any atom is 0.320 e. The maximum atomic E-state index is 12.8. The predicted octanol–water partition coefficient (Wildman–Crippen LogP) is 3.89. The van der Waals surface area contributed by atoms with E-state index in [1.54, 1.807) is 12.1 Å². The number of halogens is 1. The number of anilines is 1. The van der Waals surface area contributed by atoms with Crippen molar-refractivity contribution in [2.75, 3.05) is 38.0 Å². The summed E-state index contributed by atoms with van der Waals surface area (Å²) in [7, 11) is 0. The molecule has 2 saturated heterocycles. The van der Waals surface area contributed by atoms with E-state index in [0.717, 1.165) is 50.1 Å². The Hall–Kier alpha value is -3.15. The van der Waals surface area contributed by atoms with Crippen LogP contribution in [0.15, 0.2) is 30.5 Å². The molecule has 8 nitrogen and oxygen atoms in total. The largest absolute Gasteiger partial charge is 0.325 e. The number of rotatable bonds is 4. The van der Waals surface area contributed by atoms with E-state index in [0.29, 0.717) is 29.4 Å². The van der Waals surface area contributed by atoms with Gasteiger partial charge in [0.05, 0.1) is 5.56 Å². The predicted molar refractivity (Wildman–Crippen MR) is 131 cm³/mol. The molecule has 1 unspecified atom stereocenters. The van der Waals surface area contributed by atoms with Crippen LogP contribution in [0.5, 0.6) is 0 Å². The van der Waals surface area contributed by atoms with Crippen LogP contribution in [-0.4, -0.2) is 70.4 Å². The standard InChI is InChI=1S/C25H29ClN6O2/c1-17-15-30(9-10-32(17)25(34)31-7-3-4-8-31)16-20-11-21(26)12-23(18(20)2)29-24(33)19-5-6-22(13-27)28-14-19/h5-6,11-12,14,17H,3-4,7-10,15-16H2,1-2H3,(H,29,33). The highest BCUT2D eigenvalue weighted by atomic mass is 35.5. The maximum absolute atomic E-state index is 12.8. The number of nitrogens with zero attached hydrogens (tertiary/aromatic N) is 5. The smallest absolute Gasteiger partial charge is 0.320 e. The van der Waals surface area contributed by atoms with Gasteiger partial charge in [0, 0.05) is 62.2 Å². The Kier molecular flexibility index (Phi) is 7.35. The van der Waals surface area contributed by atoms with Gasteiger partial charge in [-0.2, -0.15) is 5.26 Å². The Morgan fingerprint density at radius 1 is 1.21 bits per heavy atom. The van der Waals surface area contributed by atoms with Crippen molar-refractivity contribution >= 4 is 29.2 Å². The number of piperazine rings is 1. The molecule has 2 aliphatic rings. The fraction of sp³-hybridized carbons (Fsp3) is 0.440. The van der Waals surface area contributed by atoms with Gasteiger partial charge in [-0.05, 0) is 62.1 Å². The van der Waals surface area contributed by atoms with Gasteiger partial charge >= 0.3 is 6.03 Å². The Morgan fingerprint density at radius 2 is 1.97 bits per heavy atom. The molecule has 2 aliphatic heterocycles. The molecule has 2 aromatic rings. The number of hydrogen-bond acceptors (Lipinski definition) is 5. The average Bonchev–Trinajstić information content (AvgIpc) is 3.37. The Labute approximate surface area is 205 Å². The van der Waals surface area contributed by atoms with Crippen LogP contribution in [0.2, 0.25) is 5.02 Å². The van der Waals surface area contributed by atoms with Crippen molar-refractivity contribution in [1.82, 2.24) is 19.7 Å². The molecule has 1 aromatic carbocycles. The average molecular weight is 481 g/mol. The van der Waals surface area contributed by atoms with Gasteiger partial charge in [0.25, 0.3) is 5.91 Å². The number of benzene rings is 1. The minimum Gasteiger partial charge on any atom is -0.325 e. The summed E-state index contributed by atoms with van der Waals surface area (Å²) in [6.07, 6.45) is 3.57. The minimum absolute atomic E-state index is 0.129. The second kappa shape index (κ2) is 10.4. The lowest BCUT2D eigenvalue weighted by molar-refractivity contribution is 0.0814. The first-order valence-corrected chi connectivity index (χ1v) is 12.0. The Balaban J connectivity index is 1.42. The normalized spacial score (nSPS) is 18.6. The fourth-order valence-corrected chi connectivity index (χ4v) is 4.85. The monoisotopic (exact) mass is 480 g/mol. The van der Waals surface area contributed by atoms with E-state index in [-0.39, 0.29) is 23.7 Å². The zero-order valence-corrected chi connectivity index (χ0v) is 20.3. The highest BCUT2D eigenvalue weighted by Gasteiger charge is 2.31. The van der Waals surface area contributed by atoms with Gasteiger partial charge in [0.1, 0.15) is 11.8 Å². The van der Waals surface area contributed by atoms with Crippen molar-refractivity contribution in [2.45, 2.75) is 39.3 Å². The minimum atomic E-state index is -0.309. The van der Waals surface area contributed by atoms with E-state index in [1.807, 2.05) is 28.9 Å². The Morgan fingerprint density at radius 3 is 2.62 bits per heavy atom. The van der Waals surface area contributed by atoms with Crippen molar-refractivity contribution < 1.29 is 9.59 Å². The van der Waals surface area contributed by atoms with E-state index in [9.17, 15) is 9.59 Å². The van der Waals surface area contributed by atoms with Crippen molar-refractivity contribution in [3.63, 3.8) is 0 Å². The van der Waals surface area contributed by atoms with Gasteiger partial charge in [0.2, 0.25) is 0 Å². The second-order valence-electron chi connectivity index (χ2n) is 8.99. The van der Waals surface area contributed by atoms with Crippen LogP contribution in [0, 0.1) is 18.3 Å². The number of amides is 3. The molecule has 0 radical (unpaired) electrons. The molecule has 9 heteroatoms. The molecule has 0 bridgehead atoms. The summed E-state index contributed by atoms with van der Waals surface area (Å²) in [4.78, 5) is 35.8. The number of likely N-dealkylation sites (tertiary alicyclic amines) is 1. The summed E-state index contributed by atoms with van der Waals surface area (Å²) in [5.41, 5.74) is 3.25. The molecule has 3 heterocycles. The van der Waals surface area contributed by atoms with Crippen LogP contribution in [0.25, 0.3) is 0 Å². The zero-order valence-electron chi connectivity index (χ0n) is 19.6. The van der Waals surface area contributed by atoms with Gasteiger partial charge in [-0.25, -0.2) is 9.78 Å². The number of carbonyl (C=O) groups is 2. The van der Waals surface area contributed by atoms with Gasteiger partial charge in [-0.3, -0.25) is 9.69 Å². The highest BCUT2D eigenvalue weighted by Crippen LogP contribution is 2.27. The SMILES string of the molecule is Cc1c(CN2CCN(C(=O)N3CCCC3)C(C)C2)cc(Cl)cc1NC(=O)c1ccc(C#N)nc1. The van der Waals surface area contributed by atoms with Gasteiger partial charge in [0.15, 0.2) is 0 Å². The first kappa shape index (κ1) is 24.0. The van der Waals surface area contributed by atoms with E-state index >= 15 is 0 Å². The third-order valence-electron chi connectivity index (χ3n) is 6.60. The first-order valence-electron chi connectivity index (χ1n) is 11.6. The lowest BCUT2D eigenvalue weighted by atomic mass is 10.0. The number of aromatic nitrogens is 1. The van der Waals surface area contributed by atoms with Gasteiger partial charge in [-0.1, -0.05) is 11.6 Å². The highest BCUT2D eigenvalue weighted by molar-refractivity contribution is 6.31. The van der Waals surface area contributed by atoms with Crippen LogP contribution >= 0.6 is 11.6 Å². The van der Waals surface area contributed by atoms with Crippen molar-refractivity contribution in [3.8, 4) is 6.07 Å². The van der Waals surface area contributed by atoms with Crippen LogP contribution in [0.4, 0.5) is 10.5 Å². The fourth-order valence-electron chi connectivity index (χ4n) is 4.61. The van der Waals surface area contributed by atoms with E-state index < -0.39 is 0 Å². The van der Waals surface area contributed by atoms with Gasteiger partial charge in [-0.15, -0.1) is 0 Å². The van der Waals surface area contributed by atoms with Crippen LogP contribution in [0.3, 0.4) is 0 Å². The van der Waals surface area contributed by atoms with Gasteiger partial charge < -0.3 is 15.1 Å². The van der Waals surface area contributed by atoms with Crippen LogP contribution in [-0.2, 0) is 6.54 Å². The van der Waals surface area contributed by atoms with Crippen molar-refractivity contribution in [2.24, 2.45) is 0 Å². The summed E-state index contributed by atoms with van der Waals surface area (Å²) >= 11 is 6.40. The Bertz CT molecular complexity index is 1110. The number of nitriles is 1. The number of carbonyl (C=O) groups excluding carboxylic acids is 2. The molecule has 0 aliphatic carbocycles. The molecule has 34 heavy (non-hydrogen) atoms. The molecular weight excluding hydrogens is 452 g/mol. The molecule has 0 spiro atoms. The van der Waals surface area contributed by atoms with Crippen LogP contribution in [0.1, 0.15) is 46.9 Å².